The number of hydrogen-bond donors (Lipinski definition) is 0. The van der Waals surface area contributed by atoms with Crippen LogP contribution in [0.15, 0.2) is 0 Å². The second kappa shape index (κ2) is 44700. The molecule has 0 heterocycles. The fourth-order valence-electron chi connectivity index (χ4n) is 0. The van der Waals surface area contributed by atoms with E-state index in [-0.39, 0.29) is 68.5 Å². The molecule has 4 nitrogen and oxygen atoms in total. The summed E-state index contributed by atoms with van der Waals surface area (Å²) in [5.41, 5.74) is 0. The van der Waals surface area contributed by atoms with Crippen molar-refractivity contribution < 1.29 is 68.5 Å². The van der Waals surface area contributed by atoms with Gasteiger partial charge in [0.15, 0.2) is 0 Å². The number of rotatable bonds is 0. The van der Waals surface area contributed by atoms with Gasteiger partial charge >= 0.3 is 68.5 Å². The zero-order valence-electron chi connectivity index (χ0n) is 5.14. The van der Waals surface area contributed by atoms with E-state index in [0.717, 1.165) is 0 Å². The first-order chi connectivity index (χ1) is 4.00. The first-order valence-electron chi connectivity index (χ1n) is 0.894. The zero-order chi connectivity index (χ0) is 8.00. The molecule has 0 amide bonds. The van der Waals surface area contributed by atoms with E-state index in [9.17, 15) is 0 Å². The minimum atomic E-state index is 0. The minimum absolute atomic E-state index is 0. The van der Waals surface area contributed by atoms with Crippen LogP contribution >= 0.6 is 0 Å². The van der Waals surface area contributed by atoms with Crippen molar-refractivity contribution >= 4 is 0 Å². The fraction of sp³-hybridized carbons (Fsp3) is 0. The predicted octanol–water partition coefficient (Wildman–Crippen LogP) is -2.61. The summed E-state index contributed by atoms with van der Waals surface area (Å²) in [7, 11) is 0. The fourth-order valence-corrected chi connectivity index (χ4v) is 0. The summed E-state index contributed by atoms with van der Waals surface area (Å²) in [6, 6.07) is 0. The average Bonchev–Trinajstić information content (AvgIpc) is 2.03. The zero-order valence-corrected chi connectivity index (χ0v) is 9.37. The second-order valence-electron chi connectivity index (χ2n) is 0. The van der Waals surface area contributed by atoms with Gasteiger partial charge in [-0.05, 0) is 0 Å². The molecule has 0 unspecified atom stereocenters. The van der Waals surface area contributed by atoms with Crippen molar-refractivity contribution in [2.45, 2.75) is 0 Å². The van der Waals surface area contributed by atoms with Gasteiger partial charge in [0, 0.05) is 0 Å². The van der Waals surface area contributed by atoms with Crippen LogP contribution in [0, 0.1) is 47.3 Å². The van der Waals surface area contributed by atoms with Crippen molar-refractivity contribution in [2.24, 2.45) is 0 Å². The van der Waals surface area contributed by atoms with E-state index in [1.165, 1.54) is 0 Å². The molecule has 0 atom stereocenters. The summed E-state index contributed by atoms with van der Waals surface area (Å²) < 4.78 is 0. The van der Waals surface area contributed by atoms with Gasteiger partial charge < -0.3 is 47.3 Å². The summed E-state index contributed by atoms with van der Waals surface area (Å²) in [6.45, 7) is 19.0. The smallest absolute Gasteiger partial charge is 0.512 e. The average molecular weight is 199 g/mol. The summed E-state index contributed by atoms with van der Waals surface area (Å²) >= 11 is 0. The van der Waals surface area contributed by atoms with Gasteiger partial charge in [0.1, 0.15) is 0 Å². The van der Waals surface area contributed by atoms with Crippen molar-refractivity contribution in [3.05, 3.63) is 26.3 Å². The molecule has 0 aliphatic rings. The third-order valence-corrected chi connectivity index (χ3v) is 0. The number of hydrogen-bond acceptors (Lipinski definition) is 4. The molecule has 0 bridgehead atoms. The van der Waals surface area contributed by atoms with Gasteiger partial charge in [-0.3, -0.25) is 0 Å². The van der Waals surface area contributed by atoms with E-state index < -0.39 is 0 Å². The van der Waals surface area contributed by atoms with Gasteiger partial charge in [-0.25, -0.2) is 0 Å². The van der Waals surface area contributed by atoms with Crippen LogP contribution in [0.1, 0.15) is 0 Å². The molecule has 0 saturated heterocycles. The standard InChI is InChI=1S/4CN.Fe.K/c4*1-2;;/q4*-1;+3;+1. The summed E-state index contributed by atoms with van der Waals surface area (Å²) in [4.78, 5) is 0. The second-order valence-corrected chi connectivity index (χ2v) is 0. The van der Waals surface area contributed by atoms with Crippen molar-refractivity contribution in [1.29, 1.82) is 21.0 Å². The molecular weight excluding hydrogens is 199 g/mol. The number of nitrogens with zero attached hydrogens (tertiary/aromatic N) is 4. The van der Waals surface area contributed by atoms with Gasteiger partial charge in [-0.15, -0.1) is 0 Å². The molecule has 0 aliphatic heterocycles. The molecule has 0 aromatic heterocycles. The van der Waals surface area contributed by atoms with Crippen LogP contribution in [0.5, 0.6) is 0 Å². The Balaban J connectivity index is -0.00000000500. The molecule has 0 N–H and O–H groups in total. The van der Waals surface area contributed by atoms with Crippen LogP contribution in [0.2, 0.25) is 0 Å². The van der Waals surface area contributed by atoms with Crippen LogP contribution in [0.3, 0.4) is 0 Å². The molecule has 1 radical (unpaired) electrons. The Kier molecular flexibility index (Phi) is 222000. The van der Waals surface area contributed by atoms with Crippen molar-refractivity contribution in [2.75, 3.05) is 0 Å². The molecule has 0 aliphatic carbocycles. The Morgan fingerprint density at radius 1 is 0.500 bits per heavy atom. The Labute approximate surface area is 114 Å². The summed E-state index contributed by atoms with van der Waals surface area (Å²) in [5.74, 6) is 0. The molecular formula is C4FeKN4. The van der Waals surface area contributed by atoms with Crippen LogP contribution in [-0.4, -0.2) is 0 Å². The Hall–Kier alpha value is 0.116. The summed E-state index contributed by atoms with van der Waals surface area (Å²) in [6.07, 6.45) is 0. The third-order valence-electron chi connectivity index (χ3n) is 0. The van der Waals surface area contributed by atoms with E-state index >= 15 is 0 Å². The van der Waals surface area contributed by atoms with Crippen LogP contribution in [0.25, 0.3) is 0 Å². The van der Waals surface area contributed by atoms with Crippen molar-refractivity contribution in [3.8, 4) is 0 Å². The van der Waals surface area contributed by atoms with E-state index in [4.69, 9.17) is 47.3 Å². The third kappa shape index (κ3) is 30600. The molecule has 0 fully saturated rings. The SMILES string of the molecule is [C-]#N.[C-]#N.[C-]#N.[C-]#N.[Fe+3].[K+]. The van der Waals surface area contributed by atoms with Crippen molar-refractivity contribution in [3.63, 3.8) is 0 Å². The molecule has 0 aromatic rings. The largest absolute Gasteiger partial charge is 3.00 e. The predicted molar refractivity (Wildman–Crippen MR) is 19.9 cm³/mol. The first kappa shape index (κ1) is 49.6. The molecule has 0 aromatic carbocycles. The first-order valence-corrected chi connectivity index (χ1v) is 0.894. The molecule has 10 heavy (non-hydrogen) atoms. The van der Waals surface area contributed by atoms with E-state index in [2.05, 4.69) is 0 Å². The molecule has 6 heteroatoms. The van der Waals surface area contributed by atoms with Gasteiger partial charge in [0.25, 0.3) is 0 Å². The van der Waals surface area contributed by atoms with Gasteiger partial charge in [-0.2, -0.15) is 0 Å². The minimum Gasteiger partial charge on any atom is -0.512 e. The Bertz CT molecular complexity index is 60.2. The van der Waals surface area contributed by atoms with Crippen molar-refractivity contribution in [1.82, 2.24) is 0 Å². The summed E-state index contributed by atoms with van der Waals surface area (Å²) in [5, 5.41) is 25.0. The normalized spacial score (nSPS) is 0.800. The van der Waals surface area contributed by atoms with Gasteiger partial charge in [-0.1, -0.05) is 0 Å². The van der Waals surface area contributed by atoms with E-state index in [1.807, 2.05) is 0 Å². The maximum absolute atomic E-state index is 6.25. The molecule has 0 saturated carbocycles. The maximum atomic E-state index is 6.25. The Morgan fingerprint density at radius 2 is 0.500 bits per heavy atom. The van der Waals surface area contributed by atoms with E-state index in [1.54, 1.807) is 0 Å². The molecule has 0 spiro atoms. The van der Waals surface area contributed by atoms with Crippen LogP contribution in [-0.2, 0) is 17.1 Å². The molecule has 0 rings (SSSR count). The van der Waals surface area contributed by atoms with Crippen LogP contribution in [0.4, 0.5) is 0 Å². The quantitative estimate of drug-likeness (QED) is 0.315. The van der Waals surface area contributed by atoms with Crippen LogP contribution < -0.4 is 51.4 Å². The topological polar surface area (TPSA) is 95.2 Å². The molecule has 45 valence electrons. The Morgan fingerprint density at radius 3 is 0.500 bits per heavy atom. The monoisotopic (exact) mass is 199 g/mol. The van der Waals surface area contributed by atoms with E-state index in [0.29, 0.717) is 0 Å². The van der Waals surface area contributed by atoms with Gasteiger partial charge in [0.2, 0.25) is 0 Å². The maximum Gasteiger partial charge on any atom is 3.00 e. The van der Waals surface area contributed by atoms with Gasteiger partial charge in [0.05, 0.1) is 0 Å².